The Balaban J connectivity index is 3.78. The van der Waals surface area contributed by atoms with Crippen LogP contribution >= 0.6 is 0 Å². The van der Waals surface area contributed by atoms with Gasteiger partial charge in [0.2, 0.25) is 0 Å². The van der Waals surface area contributed by atoms with E-state index in [0.29, 0.717) is 18.4 Å². The summed E-state index contributed by atoms with van der Waals surface area (Å²) in [6.07, 6.45) is 4.61. The molecule has 0 heterocycles. The van der Waals surface area contributed by atoms with Crippen molar-refractivity contribution in [1.82, 2.24) is 0 Å². The van der Waals surface area contributed by atoms with Crippen LogP contribution in [0.15, 0.2) is 12.7 Å². The van der Waals surface area contributed by atoms with Gasteiger partial charge in [0.25, 0.3) is 0 Å². The highest BCUT2D eigenvalue weighted by Crippen LogP contribution is 2.18. The fourth-order valence-electron chi connectivity index (χ4n) is 1.35. The second-order valence-electron chi connectivity index (χ2n) is 3.86. The minimum atomic E-state index is -0.312. The summed E-state index contributed by atoms with van der Waals surface area (Å²) in [4.78, 5) is 10.8. The standard InChI is InChI=1S/C12H22O2/c1-5-10(4)8-11(6-2)9-14-12(13)7-3/h7,10-11H,3,5-6,8-9H2,1-2,4H3. The lowest BCUT2D eigenvalue weighted by atomic mass is 9.93. The van der Waals surface area contributed by atoms with E-state index in [4.69, 9.17) is 4.74 Å². The van der Waals surface area contributed by atoms with Crippen LogP contribution < -0.4 is 0 Å². The highest BCUT2D eigenvalue weighted by molar-refractivity contribution is 5.81. The molecule has 2 atom stereocenters. The fourth-order valence-corrected chi connectivity index (χ4v) is 1.35. The van der Waals surface area contributed by atoms with Crippen molar-refractivity contribution in [3.63, 3.8) is 0 Å². The quantitative estimate of drug-likeness (QED) is 0.464. The van der Waals surface area contributed by atoms with E-state index in [0.717, 1.165) is 12.8 Å². The van der Waals surface area contributed by atoms with E-state index in [-0.39, 0.29) is 5.97 Å². The predicted molar refractivity (Wildman–Crippen MR) is 59.0 cm³/mol. The maximum absolute atomic E-state index is 10.8. The lowest BCUT2D eigenvalue weighted by Gasteiger charge is -2.18. The van der Waals surface area contributed by atoms with Gasteiger partial charge in [0, 0.05) is 6.08 Å². The van der Waals surface area contributed by atoms with Crippen molar-refractivity contribution in [3.8, 4) is 0 Å². The van der Waals surface area contributed by atoms with E-state index in [1.165, 1.54) is 12.5 Å². The normalized spacial score (nSPS) is 14.5. The molecule has 0 aromatic heterocycles. The Morgan fingerprint density at radius 1 is 1.43 bits per heavy atom. The topological polar surface area (TPSA) is 26.3 Å². The van der Waals surface area contributed by atoms with Crippen LogP contribution in [0.1, 0.15) is 40.0 Å². The van der Waals surface area contributed by atoms with Gasteiger partial charge in [-0.2, -0.15) is 0 Å². The molecular formula is C12H22O2. The van der Waals surface area contributed by atoms with Gasteiger partial charge in [-0.25, -0.2) is 4.79 Å². The van der Waals surface area contributed by atoms with Crippen LogP contribution in [-0.4, -0.2) is 12.6 Å². The molecule has 0 rings (SSSR count). The molecular weight excluding hydrogens is 176 g/mol. The molecule has 82 valence electrons. The van der Waals surface area contributed by atoms with Crippen LogP contribution in [-0.2, 0) is 9.53 Å². The molecule has 0 radical (unpaired) electrons. The Morgan fingerprint density at radius 3 is 2.50 bits per heavy atom. The lowest BCUT2D eigenvalue weighted by Crippen LogP contribution is -2.14. The number of carbonyl (C=O) groups excluding carboxylic acids is 1. The van der Waals surface area contributed by atoms with E-state index < -0.39 is 0 Å². The zero-order chi connectivity index (χ0) is 11.0. The Hall–Kier alpha value is -0.790. The minimum absolute atomic E-state index is 0.312. The van der Waals surface area contributed by atoms with E-state index in [9.17, 15) is 4.79 Å². The zero-order valence-electron chi connectivity index (χ0n) is 9.58. The molecule has 0 aromatic carbocycles. The second-order valence-corrected chi connectivity index (χ2v) is 3.86. The number of carbonyl (C=O) groups is 1. The van der Waals surface area contributed by atoms with Crippen molar-refractivity contribution >= 4 is 5.97 Å². The smallest absolute Gasteiger partial charge is 0.330 e. The van der Waals surface area contributed by atoms with Crippen molar-refractivity contribution in [3.05, 3.63) is 12.7 Å². The van der Waals surface area contributed by atoms with Gasteiger partial charge in [0.15, 0.2) is 0 Å². The van der Waals surface area contributed by atoms with Crippen LogP contribution in [0, 0.1) is 11.8 Å². The number of rotatable bonds is 7. The first-order valence-corrected chi connectivity index (χ1v) is 5.43. The van der Waals surface area contributed by atoms with Crippen molar-refractivity contribution < 1.29 is 9.53 Å². The highest BCUT2D eigenvalue weighted by Gasteiger charge is 2.11. The molecule has 0 aromatic rings. The summed E-state index contributed by atoms with van der Waals surface area (Å²) >= 11 is 0. The molecule has 0 saturated carbocycles. The third-order valence-electron chi connectivity index (χ3n) is 2.64. The van der Waals surface area contributed by atoms with Crippen molar-refractivity contribution in [2.24, 2.45) is 11.8 Å². The lowest BCUT2D eigenvalue weighted by molar-refractivity contribution is -0.139. The fraction of sp³-hybridized carbons (Fsp3) is 0.750. The van der Waals surface area contributed by atoms with Gasteiger partial charge in [-0.1, -0.05) is 40.2 Å². The van der Waals surface area contributed by atoms with E-state index in [2.05, 4.69) is 27.4 Å². The molecule has 0 aliphatic heterocycles. The summed E-state index contributed by atoms with van der Waals surface area (Å²) in [6, 6.07) is 0. The van der Waals surface area contributed by atoms with Gasteiger partial charge in [0.1, 0.15) is 0 Å². The average molecular weight is 198 g/mol. The predicted octanol–water partition coefficient (Wildman–Crippen LogP) is 3.18. The third kappa shape index (κ3) is 5.79. The molecule has 0 amide bonds. The molecule has 0 aliphatic rings. The van der Waals surface area contributed by atoms with Crippen molar-refractivity contribution in [2.45, 2.75) is 40.0 Å². The Bertz CT molecular complexity index is 175. The molecule has 14 heavy (non-hydrogen) atoms. The maximum atomic E-state index is 10.8. The summed E-state index contributed by atoms with van der Waals surface area (Å²) in [5.41, 5.74) is 0. The Kier molecular flexibility index (Phi) is 7.17. The van der Waals surface area contributed by atoms with Crippen LogP contribution in [0.25, 0.3) is 0 Å². The molecule has 2 heteroatoms. The van der Waals surface area contributed by atoms with Gasteiger partial charge < -0.3 is 4.74 Å². The Labute approximate surface area is 87.3 Å². The molecule has 2 nitrogen and oxygen atoms in total. The minimum Gasteiger partial charge on any atom is -0.462 e. The van der Waals surface area contributed by atoms with Crippen LogP contribution in [0.4, 0.5) is 0 Å². The first-order valence-electron chi connectivity index (χ1n) is 5.43. The summed E-state index contributed by atoms with van der Waals surface area (Å²) in [6.45, 7) is 10.5. The summed E-state index contributed by atoms with van der Waals surface area (Å²) in [7, 11) is 0. The number of hydrogen-bond acceptors (Lipinski definition) is 2. The van der Waals surface area contributed by atoms with Crippen molar-refractivity contribution in [2.75, 3.05) is 6.61 Å². The first kappa shape index (κ1) is 13.2. The van der Waals surface area contributed by atoms with Gasteiger partial charge >= 0.3 is 5.97 Å². The SMILES string of the molecule is C=CC(=O)OCC(CC)CC(C)CC. The van der Waals surface area contributed by atoms with Gasteiger partial charge in [0.05, 0.1) is 6.61 Å². The average Bonchev–Trinajstić information content (AvgIpc) is 2.22. The molecule has 0 aliphatic carbocycles. The van der Waals surface area contributed by atoms with E-state index >= 15 is 0 Å². The molecule has 0 bridgehead atoms. The molecule has 0 spiro atoms. The number of esters is 1. The zero-order valence-corrected chi connectivity index (χ0v) is 9.58. The molecule has 0 saturated heterocycles. The number of hydrogen-bond donors (Lipinski definition) is 0. The van der Waals surface area contributed by atoms with Crippen molar-refractivity contribution in [1.29, 1.82) is 0 Å². The van der Waals surface area contributed by atoms with Crippen LogP contribution in [0.3, 0.4) is 0 Å². The van der Waals surface area contributed by atoms with Gasteiger partial charge in [-0.15, -0.1) is 0 Å². The van der Waals surface area contributed by atoms with E-state index in [1.807, 2.05) is 0 Å². The summed E-state index contributed by atoms with van der Waals surface area (Å²) < 4.78 is 5.03. The summed E-state index contributed by atoms with van der Waals surface area (Å²) in [5, 5.41) is 0. The van der Waals surface area contributed by atoms with Crippen LogP contribution in [0.5, 0.6) is 0 Å². The maximum Gasteiger partial charge on any atom is 0.330 e. The van der Waals surface area contributed by atoms with Crippen LogP contribution in [0.2, 0.25) is 0 Å². The highest BCUT2D eigenvalue weighted by atomic mass is 16.5. The largest absolute Gasteiger partial charge is 0.462 e. The molecule has 2 unspecified atom stereocenters. The van der Waals surface area contributed by atoms with E-state index in [1.54, 1.807) is 0 Å². The Morgan fingerprint density at radius 2 is 2.07 bits per heavy atom. The first-order chi connectivity index (χ1) is 6.63. The molecule has 0 N–H and O–H groups in total. The molecule has 0 fully saturated rings. The monoisotopic (exact) mass is 198 g/mol. The summed E-state index contributed by atoms with van der Waals surface area (Å²) in [5.74, 6) is 0.892. The number of ether oxygens (including phenoxy) is 1. The van der Waals surface area contributed by atoms with Gasteiger partial charge in [-0.3, -0.25) is 0 Å². The van der Waals surface area contributed by atoms with Gasteiger partial charge in [-0.05, 0) is 18.3 Å². The second kappa shape index (κ2) is 7.60. The third-order valence-corrected chi connectivity index (χ3v) is 2.64.